The summed E-state index contributed by atoms with van der Waals surface area (Å²) in [6.07, 6.45) is 2.58. The molecule has 8 heteroatoms. The molecule has 3 heterocycles. The fourth-order valence-corrected chi connectivity index (χ4v) is 4.91. The average Bonchev–Trinajstić information content (AvgIpc) is 2.99. The zero-order chi connectivity index (χ0) is 19.0. The van der Waals surface area contributed by atoms with E-state index in [0.717, 1.165) is 30.4 Å². The molecule has 1 saturated heterocycles. The molecule has 0 aliphatic carbocycles. The predicted molar refractivity (Wildman–Crippen MR) is 109 cm³/mol. The van der Waals surface area contributed by atoms with Gasteiger partial charge in [0.25, 0.3) is 5.56 Å². The van der Waals surface area contributed by atoms with Gasteiger partial charge in [0.15, 0.2) is 5.56 Å². The van der Waals surface area contributed by atoms with Crippen LogP contribution in [0.2, 0.25) is 5.02 Å². The molecule has 3 aromatic rings. The molecule has 2 atom stereocenters. The summed E-state index contributed by atoms with van der Waals surface area (Å²) < 4.78 is 1.74. The predicted octanol–water partition coefficient (Wildman–Crippen LogP) is 3.90. The number of anilines is 2. The normalized spacial score (nSPS) is 19.7. The molecule has 27 heavy (non-hydrogen) atoms. The number of benzene rings is 1. The number of nitriles is 1. The van der Waals surface area contributed by atoms with Gasteiger partial charge in [0.1, 0.15) is 11.1 Å². The molecule has 1 aromatic carbocycles. The second-order valence-corrected chi connectivity index (χ2v) is 8.08. The van der Waals surface area contributed by atoms with Crippen LogP contribution in [-0.4, -0.2) is 22.0 Å². The molecule has 6 nitrogen and oxygen atoms in total. The monoisotopic (exact) mass is 399 g/mol. The summed E-state index contributed by atoms with van der Waals surface area (Å²) >= 11 is 7.70. The zero-order valence-electron chi connectivity index (χ0n) is 14.7. The minimum atomic E-state index is -0.238. The third kappa shape index (κ3) is 3.21. The summed E-state index contributed by atoms with van der Waals surface area (Å²) in [6, 6.07) is 9.52. The molecule has 0 amide bonds. The molecule has 4 rings (SSSR count). The third-order valence-corrected chi connectivity index (χ3v) is 6.39. The fraction of sp³-hybridized carbons (Fsp3) is 0.316. The van der Waals surface area contributed by atoms with Gasteiger partial charge in [-0.15, -0.1) is 0 Å². The maximum Gasteiger partial charge on any atom is 0.281 e. The third-order valence-electron chi connectivity index (χ3n) is 4.96. The first-order valence-corrected chi connectivity index (χ1v) is 9.92. The Balaban J connectivity index is 1.80. The Morgan fingerprint density at radius 3 is 3.07 bits per heavy atom. The number of nitrogens with zero attached hydrogens (tertiary/aromatic N) is 3. The summed E-state index contributed by atoms with van der Waals surface area (Å²) in [5.41, 5.74) is 1.34. The number of hydrogen-bond acceptors (Lipinski definition) is 6. The van der Waals surface area contributed by atoms with E-state index in [2.05, 4.69) is 28.6 Å². The Kier molecular flexibility index (Phi) is 4.87. The molecule has 2 aromatic heterocycles. The van der Waals surface area contributed by atoms with Gasteiger partial charge in [-0.05, 0) is 61.2 Å². The quantitative estimate of drug-likeness (QED) is 0.698. The highest BCUT2D eigenvalue weighted by Gasteiger charge is 2.28. The van der Waals surface area contributed by atoms with Crippen LogP contribution in [0.3, 0.4) is 0 Å². The van der Waals surface area contributed by atoms with Crippen molar-refractivity contribution in [2.45, 2.75) is 19.4 Å². The molecule has 1 aliphatic heterocycles. The van der Waals surface area contributed by atoms with Crippen LogP contribution in [0.5, 0.6) is 0 Å². The van der Waals surface area contributed by atoms with Crippen molar-refractivity contribution in [1.82, 2.24) is 14.3 Å². The van der Waals surface area contributed by atoms with E-state index in [9.17, 15) is 10.1 Å². The van der Waals surface area contributed by atoms with E-state index in [1.54, 1.807) is 16.2 Å². The molecular formula is C19H18ClN5OS. The first kappa shape index (κ1) is 18.0. The van der Waals surface area contributed by atoms with Crippen LogP contribution in [0.4, 0.5) is 10.7 Å². The SMILES string of the molecule is C[C@@H]1CNCC[C@H]1n1sc(Nc2c(Cl)ccc3ncccc23)c(C#N)c1=O. The maximum absolute atomic E-state index is 12.8. The number of hydrogen-bond donors (Lipinski definition) is 2. The van der Waals surface area contributed by atoms with Gasteiger partial charge in [-0.25, -0.2) is 0 Å². The van der Waals surface area contributed by atoms with E-state index >= 15 is 0 Å². The van der Waals surface area contributed by atoms with E-state index in [1.165, 1.54) is 11.5 Å². The summed E-state index contributed by atoms with van der Waals surface area (Å²) in [7, 11) is 0. The number of halogens is 1. The summed E-state index contributed by atoms with van der Waals surface area (Å²) in [4.78, 5) is 17.2. The summed E-state index contributed by atoms with van der Waals surface area (Å²) in [5, 5.41) is 18.0. The summed E-state index contributed by atoms with van der Waals surface area (Å²) in [6.45, 7) is 3.85. The average molecular weight is 400 g/mol. The standard InChI is InChI=1S/C19H18ClN5OS/c1-11-10-22-8-6-16(11)25-19(26)13(9-21)18(27-25)24-17-12-3-2-7-23-15(12)5-4-14(17)20/h2-5,7,11,16,22,24H,6,8,10H2,1H3/t11-,16-/m1/s1. The first-order chi connectivity index (χ1) is 13.1. The van der Waals surface area contributed by atoms with Crippen LogP contribution in [0.25, 0.3) is 10.9 Å². The largest absolute Gasteiger partial charge is 0.343 e. The van der Waals surface area contributed by atoms with Crippen LogP contribution >= 0.6 is 23.1 Å². The second-order valence-electron chi connectivity index (χ2n) is 6.69. The highest BCUT2D eigenvalue weighted by molar-refractivity contribution is 7.11. The van der Waals surface area contributed by atoms with Gasteiger partial charge < -0.3 is 10.6 Å². The van der Waals surface area contributed by atoms with Gasteiger partial charge in [0, 0.05) is 11.6 Å². The summed E-state index contributed by atoms with van der Waals surface area (Å²) in [5.74, 6) is 0.319. The van der Waals surface area contributed by atoms with Gasteiger partial charge in [0.05, 0.1) is 22.3 Å². The van der Waals surface area contributed by atoms with Gasteiger partial charge in [0.2, 0.25) is 0 Å². The van der Waals surface area contributed by atoms with Crippen LogP contribution in [0.1, 0.15) is 24.9 Å². The highest BCUT2D eigenvalue weighted by atomic mass is 35.5. The van der Waals surface area contributed by atoms with Crippen molar-refractivity contribution in [3.05, 3.63) is 51.4 Å². The molecular weight excluding hydrogens is 382 g/mol. The van der Waals surface area contributed by atoms with E-state index in [-0.39, 0.29) is 17.2 Å². The van der Waals surface area contributed by atoms with Gasteiger partial charge >= 0.3 is 0 Å². The maximum atomic E-state index is 12.8. The van der Waals surface area contributed by atoms with Crippen molar-refractivity contribution >= 4 is 44.7 Å². The van der Waals surface area contributed by atoms with Crippen LogP contribution in [-0.2, 0) is 0 Å². The van der Waals surface area contributed by atoms with E-state index in [0.29, 0.717) is 21.6 Å². The molecule has 138 valence electrons. The molecule has 0 spiro atoms. The van der Waals surface area contributed by atoms with E-state index in [1.807, 2.05) is 18.2 Å². The number of fused-ring (bicyclic) bond motifs is 1. The lowest BCUT2D eigenvalue weighted by atomic mass is 9.96. The Morgan fingerprint density at radius 2 is 2.30 bits per heavy atom. The zero-order valence-corrected chi connectivity index (χ0v) is 16.3. The fourth-order valence-electron chi connectivity index (χ4n) is 3.51. The van der Waals surface area contributed by atoms with E-state index in [4.69, 9.17) is 11.6 Å². The topological polar surface area (TPSA) is 82.7 Å². The van der Waals surface area contributed by atoms with Crippen molar-refractivity contribution in [3.63, 3.8) is 0 Å². The number of aromatic nitrogens is 2. The Morgan fingerprint density at radius 1 is 1.44 bits per heavy atom. The molecule has 0 radical (unpaired) electrons. The number of nitrogens with one attached hydrogen (secondary N) is 2. The van der Waals surface area contributed by atoms with Crippen molar-refractivity contribution in [3.8, 4) is 6.07 Å². The van der Waals surface area contributed by atoms with E-state index < -0.39 is 0 Å². The van der Waals surface area contributed by atoms with Gasteiger partial charge in [-0.1, -0.05) is 18.5 Å². The molecule has 0 bridgehead atoms. The van der Waals surface area contributed by atoms with Crippen molar-refractivity contribution in [1.29, 1.82) is 5.26 Å². The van der Waals surface area contributed by atoms with Gasteiger partial charge in [-0.3, -0.25) is 13.7 Å². The minimum Gasteiger partial charge on any atom is -0.343 e. The number of piperidine rings is 1. The Bertz CT molecular complexity index is 1100. The lowest BCUT2D eigenvalue weighted by molar-refractivity contribution is 0.283. The molecule has 0 unspecified atom stereocenters. The number of pyridine rings is 1. The first-order valence-electron chi connectivity index (χ1n) is 8.77. The molecule has 2 N–H and O–H groups in total. The van der Waals surface area contributed by atoms with Crippen molar-refractivity contribution in [2.24, 2.45) is 5.92 Å². The van der Waals surface area contributed by atoms with Gasteiger partial charge in [-0.2, -0.15) is 5.26 Å². The van der Waals surface area contributed by atoms with Crippen molar-refractivity contribution < 1.29 is 0 Å². The van der Waals surface area contributed by atoms with Crippen LogP contribution < -0.4 is 16.2 Å². The molecule has 0 saturated carbocycles. The lowest BCUT2D eigenvalue weighted by Gasteiger charge is -2.29. The van der Waals surface area contributed by atoms with Crippen LogP contribution in [0.15, 0.2) is 35.3 Å². The minimum absolute atomic E-state index is 0.0936. The molecule has 1 fully saturated rings. The Labute approximate surface area is 165 Å². The lowest BCUT2D eigenvalue weighted by Crippen LogP contribution is -2.38. The van der Waals surface area contributed by atoms with Crippen LogP contribution in [0, 0.1) is 17.2 Å². The second kappa shape index (κ2) is 7.31. The number of rotatable bonds is 3. The smallest absolute Gasteiger partial charge is 0.281 e. The molecule has 1 aliphatic rings. The Hall–Kier alpha value is -2.40. The highest BCUT2D eigenvalue weighted by Crippen LogP contribution is 2.36. The van der Waals surface area contributed by atoms with Crippen molar-refractivity contribution in [2.75, 3.05) is 18.4 Å².